The molecular weight excluding hydrogens is 256 g/mol. The SMILES string of the molecule is Cc1ccc(C(/C=C2/CCCN2)=N/C2CCCCC2)cc1. The van der Waals surface area contributed by atoms with Gasteiger partial charge in [-0.1, -0.05) is 49.1 Å². The molecule has 0 spiro atoms. The summed E-state index contributed by atoms with van der Waals surface area (Å²) in [6.45, 7) is 3.25. The molecule has 0 radical (unpaired) electrons. The quantitative estimate of drug-likeness (QED) is 0.817. The average Bonchev–Trinajstić information content (AvgIpc) is 3.01. The molecule has 2 nitrogen and oxygen atoms in total. The average molecular weight is 282 g/mol. The van der Waals surface area contributed by atoms with Crippen molar-refractivity contribution in [3.8, 4) is 0 Å². The molecule has 1 aliphatic heterocycles. The lowest BCUT2D eigenvalue weighted by Gasteiger charge is -2.19. The van der Waals surface area contributed by atoms with E-state index in [1.807, 2.05) is 0 Å². The van der Waals surface area contributed by atoms with Crippen LogP contribution < -0.4 is 5.32 Å². The van der Waals surface area contributed by atoms with Crippen LogP contribution in [0.5, 0.6) is 0 Å². The number of aryl methyl sites for hydroxylation is 1. The summed E-state index contributed by atoms with van der Waals surface area (Å²) < 4.78 is 0. The maximum Gasteiger partial charge on any atom is 0.0667 e. The fourth-order valence-electron chi connectivity index (χ4n) is 3.23. The van der Waals surface area contributed by atoms with E-state index < -0.39 is 0 Å². The Bertz CT molecular complexity index is 511. The van der Waals surface area contributed by atoms with Gasteiger partial charge in [0.05, 0.1) is 11.8 Å². The van der Waals surface area contributed by atoms with E-state index >= 15 is 0 Å². The summed E-state index contributed by atoms with van der Waals surface area (Å²) in [5.41, 5.74) is 5.09. The Balaban J connectivity index is 1.87. The molecule has 0 unspecified atom stereocenters. The van der Waals surface area contributed by atoms with E-state index in [4.69, 9.17) is 4.99 Å². The second-order valence-electron chi connectivity index (χ2n) is 6.37. The molecule has 2 aliphatic rings. The number of nitrogens with one attached hydrogen (secondary N) is 1. The van der Waals surface area contributed by atoms with Crippen LogP contribution in [-0.2, 0) is 0 Å². The maximum atomic E-state index is 5.10. The van der Waals surface area contributed by atoms with Gasteiger partial charge in [-0.3, -0.25) is 4.99 Å². The van der Waals surface area contributed by atoms with Gasteiger partial charge in [0.15, 0.2) is 0 Å². The number of nitrogens with zero attached hydrogens (tertiary/aromatic N) is 1. The monoisotopic (exact) mass is 282 g/mol. The van der Waals surface area contributed by atoms with E-state index in [0.29, 0.717) is 6.04 Å². The van der Waals surface area contributed by atoms with Crippen LogP contribution in [0.2, 0.25) is 0 Å². The molecule has 1 saturated carbocycles. The predicted molar refractivity (Wildman–Crippen MR) is 89.9 cm³/mol. The molecule has 2 fully saturated rings. The summed E-state index contributed by atoms with van der Waals surface area (Å²) in [5, 5.41) is 3.49. The first-order chi connectivity index (χ1) is 10.3. The van der Waals surface area contributed by atoms with Crippen LogP contribution in [0, 0.1) is 6.92 Å². The van der Waals surface area contributed by atoms with Crippen molar-refractivity contribution in [1.82, 2.24) is 5.32 Å². The lowest BCUT2D eigenvalue weighted by atomic mass is 9.95. The second kappa shape index (κ2) is 6.93. The highest BCUT2D eigenvalue weighted by Crippen LogP contribution is 2.22. The third-order valence-corrected chi connectivity index (χ3v) is 4.53. The number of hydrogen-bond donors (Lipinski definition) is 1. The Kier molecular flexibility index (Phi) is 4.74. The molecule has 2 heteroatoms. The zero-order valence-corrected chi connectivity index (χ0v) is 13.1. The van der Waals surface area contributed by atoms with Crippen LogP contribution in [-0.4, -0.2) is 18.3 Å². The van der Waals surface area contributed by atoms with Crippen LogP contribution >= 0.6 is 0 Å². The van der Waals surface area contributed by atoms with Crippen molar-refractivity contribution in [3.05, 3.63) is 47.2 Å². The van der Waals surface area contributed by atoms with Gasteiger partial charge in [0.1, 0.15) is 0 Å². The summed E-state index contributed by atoms with van der Waals surface area (Å²) in [4.78, 5) is 5.10. The first-order valence-electron chi connectivity index (χ1n) is 8.40. The highest BCUT2D eigenvalue weighted by Gasteiger charge is 2.14. The minimum Gasteiger partial charge on any atom is -0.388 e. The summed E-state index contributed by atoms with van der Waals surface area (Å²) in [7, 11) is 0. The van der Waals surface area contributed by atoms with Crippen molar-refractivity contribution in [2.45, 2.75) is 57.9 Å². The largest absolute Gasteiger partial charge is 0.388 e. The fourth-order valence-corrected chi connectivity index (χ4v) is 3.23. The van der Waals surface area contributed by atoms with Crippen molar-refractivity contribution in [3.63, 3.8) is 0 Å². The van der Waals surface area contributed by atoms with Crippen molar-refractivity contribution < 1.29 is 0 Å². The van der Waals surface area contributed by atoms with E-state index in [1.54, 1.807) is 0 Å². The van der Waals surface area contributed by atoms with Crippen molar-refractivity contribution in [1.29, 1.82) is 0 Å². The van der Waals surface area contributed by atoms with Crippen molar-refractivity contribution >= 4 is 5.71 Å². The lowest BCUT2D eigenvalue weighted by molar-refractivity contribution is 0.444. The molecule has 112 valence electrons. The molecule has 1 saturated heterocycles. The van der Waals surface area contributed by atoms with Gasteiger partial charge in [-0.15, -0.1) is 0 Å². The summed E-state index contributed by atoms with van der Waals surface area (Å²) in [6.07, 6.45) is 11.3. The highest BCUT2D eigenvalue weighted by molar-refractivity contribution is 6.09. The van der Waals surface area contributed by atoms with Gasteiger partial charge in [0.25, 0.3) is 0 Å². The summed E-state index contributed by atoms with van der Waals surface area (Å²) in [5.74, 6) is 0. The zero-order valence-electron chi connectivity index (χ0n) is 13.1. The number of aliphatic imine (C=N–C) groups is 1. The first kappa shape index (κ1) is 14.4. The van der Waals surface area contributed by atoms with Crippen molar-refractivity contribution in [2.75, 3.05) is 6.54 Å². The predicted octanol–water partition coefficient (Wildman–Crippen LogP) is 4.38. The van der Waals surface area contributed by atoms with Gasteiger partial charge in [-0.05, 0) is 44.2 Å². The molecule has 1 heterocycles. The van der Waals surface area contributed by atoms with Crippen LogP contribution in [0.15, 0.2) is 41.0 Å². The van der Waals surface area contributed by atoms with E-state index in [9.17, 15) is 0 Å². The molecule has 1 aromatic carbocycles. The Morgan fingerprint density at radius 2 is 1.86 bits per heavy atom. The summed E-state index contributed by atoms with van der Waals surface area (Å²) in [6, 6.07) is 9.32. The highest BCUT2D eigenvalue weighted by atomic mass is 14.9. The maximum absolute atomic E-state index is 5.10. The minimum absolute atomic E-state index is 0.522. The van der Waals surface area contributed by atoms with Gasteiger partial charge < -0.3 is 5.32 Å². The third kappa shape index (κ3) is 3.96. The molecule has 0 aromatic heterocycles. The van der Waals surface area contributed by atoms with E-state index in [1.165, 1.54) is 61.1 Å². The van der Waals surface area contributed by atoms with Gasteiger partial charge in [-0.2, -0.15) is 0 Å². The fraction of sp³-hybridized carbons (Fsp3) is 0.526. The number of rotatable bonds is 3. The third-order valence-electron chi connectivity index (χ3n) is 4.53. The van der Waals surface area contributed by atoms with Crippen molar-refractivity contribution in [2.24, 2.45) is 4.99 Å². The van der Waals surface area contributed by atoms with Crippen LogP contribution in [0.4, 0.5) is 0 Å². The van der Waals surface area contributed by atoms with E-state index in [-0.39, 0.29) is 0 Å². The van der Waals surface area contributed by atoms with Gasteiger partial charge in [0, 0.05) is 12.2 Å². The Morgan fingerprint density at radius 1 is 1.10 bits per heavy atom. The molecule has 0 bridgehead atoms. The smallest absolute Gasteiger partial charge is 0.0667 e. The first-order valence-corrected chi connectivity index (χ1v) is 8.40. The van der Waals surface area contributed by atoms with Crippen LogP contribution in [0.1, 0.15) is 56.1 Å². The molecule has 1 aliphatic carbocycles. The molecule has 1 aromatic rings. The van der Waals surface area contributed by atoms with Crippen LogP contribution in [0.3, 0.4) is 0 Å². The lowest BCUT2D eigenvalue weighted by Crippen LogP contribution is -2.14. The number of hydrogen-bond acceptors (Lipinski definition) is 2. The Morgan fingerprint density at radius 3 is 2.52 bits per heavy atom. The zero-order chi connectivity index (χ0) is 14.5. The van der Waals surface area contributed by atoms with E-state index in [0.717, 1.165) is 13.0 Å². The van der Waals surface area contributed by atoms with Gasteiger partial charge in [0.2, 0.25) is 0 Å². The van der Waals surface area contributed by atoms with E-state index in [2.05, 4.69) is 42.6 Å². The van der Waals surface area contributed by atoms with Gasteiger partial charge >= 0.3 is 0 Å². The second-order valence-corrected chi connectivity index (χ2v) is 6.37. The number of benzene rings is 1. The molecular formula is C19H26N2. The molecule has 1 N–H and O–H groups in total. The van der Waals surface area contributed by atoms with Gasteiger partial charge in [-0.25, -0.2) is 0 Å². The Labute approximate surface area is 128 Å². The molecule has 0 amide bonds. The van der Waals surface area contributed by atoms with Crippen LogP contribution in [0.25, 0.3) is 0 Å². The minimum atomic E-state index is 0.522. The molecule has 3 rings (SSSR count). The molecule has 21 heavy (non-hydrogen) atoms. The topological polar surface area (TPSA) is 24.4 Å². The summed E-state index contributed by atoms with van der Waals surface area (Å²) >= 11 is 0. The molecule has 0 atom stereocenters. The Hall–Kier alpha value is -1.57. The standard InChI is InChI=1S/C19H26N2/c1-15-9-11-16(12-10-15)19(14-18-8-5-13-20-18)21-17-6-3-2-4-7-17/h9-12,14,17,20H,2-8,13H2,1H3/b18-14-,21-19+. The normalized spacial score (nSPS) is 22.5. The number of allylic oxidation sites excluding steroid dienone is 2.